The summed E-state index contributed by atoms with van der Waals surface area (Å²) in [7, 11) is 1.62. The number of carbonyl (C=O) groups excluding carboxylic acids is 1. The molecule has 0 aromatic heterocycles. The fraction of sp³-hybridized carbons (Fsp3) is 0.900. The average Bonchev–Trinajstić information content (AvgIpc) is 2.00. The molecule has 15 heavy (non-hydrogen) atoms. The van der Waals surface area contributed by atoms with E-state index in [2.05, 4.69) is 0 Å². The van der Waals surface area contributed by atoms with E-state index in [9.17, 15) is 4.79 Å². The van der Waals surface area contributed by atoms with Crippen molar-refractivity contribution in [2.75, 3.05) is 20.2 Å². The zero-order chi connectivity index (χ0) is 11.6. The SMILES string of the molecule is COC1CN(C(=O)OC(C)(C)C)C1CN. The summed E-state index contributed by atoms with van der Waals surface area (Å²) >= 11 is 0. The molecule has 88 valence electrons. The Balaban J connectivity index is 2.49. The van der Waals surface area contributed by atoms with Crippen molar-refractivity contribution < 1.29 is 14.3 Å². The van der Waals surface area contributed by atoms with Gasteiger partial charge < -0.3 is 15.2 Å². The Kier molecular flexibility index (Phi) is 3.57. The van der Waals surface area contributed by atoms with Crippen molar-refractivity contribution in [3.63, 3.8) is 0 Å². The Hall–Kier alpha value is -0.810. The first-order valence-corrected chi connectivity index (χ1v) is 5.11. The summed E-state index contributed by atoms with van der Waals surface area (Å²) < 4.78 is 10.4. The van der Waals surface area contributed by atoms with Gasteiger partial charge in [0.1, 0.15) is 5.60 Å². The van der Waals surface area contributed by atoms with Crippen molar-refractivity contribution in [1.82, 2.24) is 4.90 Å². The Bertz CT molecular complexity index is 237. The second kappa shape index (κ2) is 4.37. The highest BCUT2D eigenvalue weighted by Gasteiger charge is 2.43. The van der Waals surface area contributed by atoms with E-state index in [1.54, 1.807) is 12.0 Å². The highest BCUT2D eigenvalue weighted by Crippen LogP contribution is 2.22. The second-order valence-electron chi connectivity index (χ2n) is 4.71. The predicted molar refractivity (Wildman–Crippen MR) is 56.6 cm³/mol. The zero-order valence-corrected chi connectivity index (χ0v) is 9.82. The number of hydrogen-bond acceptors (Lipinski definition) is 4. The Morgan fingerprint density at radius 1 is 1.53 bits per heavy atom. The molecule has 0 aliphatic carbocycles. The molecule has 1 aliphatic rings. The first-order chi connectivity index (χ1) is 6.89. The number of nitrogens with two attached hydrogens (primary N) is 1. The smallest absolute Gasteiger partial charge is 0.410 e. The van der Waals surface area contributed by atoms with Crippen molar-refractivity contribution >= 4 is 6.09 Å². The molecule has 0 aromatic rings. The lowest BCUT2D eigenvalue weighted by molar-refractivity contribution is -0.0841. The summed E-state index contributed by atoms with van der Waals surface area (Å²) in [6.07, 6.45) is -0.270. The molecule has 0 aromatic carbocycles. The van der Waals surface area contributed by atoms with Gasteiger partial charge in [-0.15, -0.1) is 0 Å². The number of likely N-dealkylation sites (tertiary alicyclic amines) is 1. The number of rotatable bonds is 2. The molecule has 2 N–H and O–H groups in total. The number of carbonyl (C=O) groups is 1. The summed E-state index contributed by atoms with van der Waals surface area (Å²) in [4.78, 5) is 13.3. The molecule has 0 bridgehead atoms. The zero-order valence-electron chi connectivity index (χ0n) is 9.82. The van der Waals surface area contributed by atoms with Gasteiger partial charge in [0.25, 0.3) is 0 Å². The number of nitrogens with zero attached hydrogens (tertiary/aromatic N) is 1. The van der Waals surface area contributed by atoms with Crippen LogP contribution in [0.3, 0.4) is 0 Å². The normalized spacial score (nSPS) is 26.1. The van der Waals surface area contributed by atoms with Gasteiger partial charge in [0.15, 0.2) is 0 Å². The lowest BCUT2D eigenvalue weighted by Crippen LogP contribution is -2.66. The van der Waals surface area contributed by atoms with Gasteiger partial charge in [-0.25, -0.2) is 4.79 Å². The lowest BCUT2D eigenvalue weighted by atomic mass is 10.0. The third-order valence-electron chi connectivity index (χ3n) is 2.38. The van der Waals surface area contributed by atoms with Gasteiger partial charge in [-0.05, 0) is 20.8 Å². The fourth-order valence-corrected chi connectivity index (χ4v) is 1.55. The van der Waals surface area contributed by atoms with E-state index in [0.717, 1.165) is 0 Å². The summed E-state index contributed by atoms with van der Waals surface area (Å²) in [5.41, 5.74) is 5.10. The largest absolute Gasteiger partial charge is 0.444 e. The van der Waals surface area contributed by atoms with Crippen LogP contribution >= 0.6 is 0 Å². The molecule has 5 nitrogen and oxygen atoms in total. The van der Waals surface area contributed by atoms with Crippen LogP contribution in [0.15, 0.2) is 0 Å². The maximum absolute atomic E-state index is 11.7. The maximum atomic E-state index is 11.7. The molecule has 1 heterocycles. The first kappa shape index (κ1) is 12.3. The van der Waals surface area contributed by atoms with Crippen LogP contribution in [-0.4, -0.2) is 48.9 Å². The Labute approximate surface area is 90.5 Å². The minimum Gasteiger partial charge on any atom is -0.444 e. The van der Waals surface area contributed by atoms with Crippen molar-refractivity contribution in [1.29, 1.82) is 0 Å². The Morgan fingerprint density at radius 3 is 2.53 bits per heavy atom. The van der Waals surface area contributed by atoms with Crippen molar-refractivity contribution in [2.24, 2.45) is 5.73 Å². The van der Waals surface area contributed by atoms with Crippen molar-refractivity contribution in [3.8, 4) is 0 Å². The number of ether oxygens (including phenoxy) is 2. The van der Waals surface area contributed by atoms with Crippen LogP contribution in [0.25, 0.3) is 0 Å². The molecule has 1 aliphatic heterocycles. The summed E-state index contributed by atoms with van der Waals surface area (Å²) in [6.45, 7) is 6.49. The summed E-state index contributed by atoms with van der Waals surface area (Å²) in [5.74, 6) is 0. The molecule has 5 heteroatoms. The topological polar surface area (TPSA) is 64.8 Å². The van der Waals surface area contributed by atoms with Crippen LogP contribution in [0.4, 0.5) is 4.79 Å². The monoisotopic (exact) mass is 216 g/mol. The van der Waals surface area contributed by atoms with Crippen molar-refractivity contribution in [2.45, 2.75) is 38.5 Å². The fourth-order valence-electron chi connectivity index (χ4n) is 1.55. The van der Waals surface area contributed by atoms with E-state index in [1.807, 2.05) is 20.8 Å². The molecule has 2 unspecified atom stereocenters. The van der Waals surface area contributed by atoms with E-state index in [-0.39, 0.29) is 18.2 Å². The molecule has 0 saturated carbocycles. The minimum atomic E-state index is -0.464. The number of hydrogen-bond donors (Lipinski definition) is 1. The average molecular weight is 216 g/mol. The first-order valence-electron chi connectivity index (χ1n) is 5.11. The van der Waals surface area contributed by atoms with E-state index in [1.165, 1.54) is 0 Å². The molecule has 1 saturated heterocycles. The molecule has 0 radical (unpaired) electrons. The summed E-state index contributed by atoms with van der Waals surface area (Å²) in [6, 6.07) is -0.0511. The van der Waals surface area contributed by atoms with Crippen LogP contribution in [0.1, 0.15) is 20.8 Å². The Morgan fingerprint density at radius 2 is 2.13 bits per heavy atom. The third-order valence-corrected chi connectivity index (χ3v) is 2.38. The highest BCUT2D eigenvalue weighted by atomic mass is 16.6. The van der Waals surface area contributed by atoms with Gasteiger partial charge in [-0.1, -0.05) is 0 Å². The van der Waals surface area contributed by atoms with Gasteiger partial charge in [-0.2, -0.15) is 0 Å². The minimum absolute atomic E-state index is 0.0440. The molecular weight excluding hydrogens is 196 g/mol. The standard InChI is InChI=1S/C10H20N2O3/c1-10(2,3)15-9(13)12-6-8(14-4)7(12)5-11/h7-8H,5-6,11H2,1-4H3. The van der Waals surface area contributed by atoms with Gasteiger partial charge in [0.05, 0.1) is 18.7 Å². The van der Waals surface area contributed by atoms with Crippen LogP contribution in [-0.2, 0) is 9.47 Å². The van der Waals surface area contributed by atoms with Crippen LogP contribution in [0, 0.1) is 0 Å². The predicted octanol–water partition coefficient (Wildman–Crippen LogP) is 0.579. The second-order valence-corrected chi connectivity index (χ2v) is 4.71. The molecule has 1 rings (SSSR count). The summed E-state index contributed by atoms with van der Waals surface area (Å²) in [5, 5.41) is 0. The molecule has 1 fully saturated rings. The van der Waals surface area contributed by atoms with Crippen LogP contribution in [0.5, 0.6) is 0 Å². The molecule has 1 amide bonds. The molecular formula is C10H20N2O3. The van der Waals surface area contributed by atoms with E-state index in [0.29, 0.717) is 13.1 Å². The van der Waals surface area contributed by atoms with Gasteiger partial charge in [0.2, 0.25) is 0 Å². The van der Waals surface area contributed by atoms with Crippen LogP contribution in [0.2, 0.25) is 0 Å². The van der Waals surface area contributed by atoms with Gasteiger partial charge in [-0.3, -0.25) is 4.90 Å². The number of methoxy groups -OCH3 is 1. The van der Waals surface area contributed by atoms with E-state index >= 15 is 0 Å². The van der Waals surface area contributed by atoms with Gasteiger partial charge in [0, 0.05) is 13.7 Å². The lowest BCUT2D eigenvalue weighted by Gasteiger charge is -2.46. The highest BCUT2D eigenvalue weighted by molar-refractivity contribution is 5.70. The third kappa shape index (κ3) is 2.82. The molecule has 0 spiro atoms. The van der Waals surface area contributed by atoms with E-state index in [4.69, 9.17) is 15.2 Å². The van der Waals surface area contributed by atoms with Crippen molar-refractivity contribution in [3.05, 3.63) is 0 Å². The maximum Gasteiger partial charge on any atom is 0.410 e. The van der Waals surface area contributed by atoms with Gasteiger partial charge >= 0.3 is 6.09 Å². The quantitative estimate of drug-likeness (QED) is 0.733. The van der Waals surface area contributed by atoms with Crippen LogP contribution < -0.4 is 5.73 Å². The number of amides is 1. The molecule has 2 atom stereocenters. The van der Waals surface area contributed by atoms with E-state index < -0.39 is 5.60 Å².